The Balaban J connectivity index is 1.44. The van der Waals surface area contributed by atoms with Gasteiger partial charge in [0.05, 0.1) is 24.2 Å². The number of amidine groups is 2. The Bertz CT molecular complexity index is 1110. The number of hydrogen-bond donors (Lipinski definition) is 0. The number of rotatable bonds is 5. The van der Waals surface area contributed by atoms with E-state index >= 15 is 0 Å². The predicted octanol–water partition coefficient (Wildman–Crippen LogP) is 3.26. The van der Waals surface area contributed by atoms with Gasteiger partial charge in [0, 0.05) is 25.1 Å². The monoisotopic (exact) mass is 462 g/mol. The fraction of sp³-hybridized carbons (Fsp3) is 0.360. The molecule has 2 aromatic carbocycles. The molecule has 2 atom stereocenters. The van der Waals surface area contributed by atoms with Crippen molar-refractivity contribution in [3.8, 4) is 0 Å². The van der Waals surface area contributed by atoms with Crippen molar-refractivity contribution in [2.45, 2.75) is 31.1 Å². The van der Waals surface area contributed by atoms with Gasteiger partial charge >= 0.3 is 0 Å². The fourth-order valence-electron chi connectivity index (χ4n) is 4.27. The van der Waals surface area contributed by atoms with Crippen molar-refractivity contribution >= 4 is 40.3 Å². The van der Waals surface area contributed by atoms with Gasteiger partial charge in [-0.1, -0.05) is 61.2 Å². The van der Waals surface area contributed by atoms with Crippen molar-refractivity contribution in [3.05, 3.63) is 65.7 Å². The number of thioether (sulfide) groups is 1. The highest BCUT2D eigenvalue weighted by Crippen LogP contribution is 2.36. The fourth-order valence-corrected chi connectivity index (χ4v) is 5.38. The summed E-state index contributed by atoms with van der Waals surface area (Å²) in [4.78, 5) is 39.8. The van der Waals surface area contributed by atoms with Gasteiger partial charge in [0.1, 0.15) is 11.9 Å². The molecule has 0 bridgehead atoms. The third-order valence-electron chi connectivity index (χ3n) is 6.04. The van der Waals surface area contributed by atoms with Crippen molar-refractivity contribution in [3.63, 3.8) is 0 Å². The normalized spacial score (nSPS) is 20.6. The lowest BCUT2D eigenvalue weighted by molar-refractivity contribution is -0.134. The quantitative estimate of drug-likeness (QED) is 0.684. The molecule has 7 nitrogen and oxygen atoms in total. The van der Waals surface area contributed by atoms with Crippen molar-refractivity contribution in [1.29, 1.82) is 0 Å². The van der Waals surface area contributed by atoms with Crippen LogP contribution in [0.25, 0.3) is 0 Å². The van der Waals surface area contributed by atoms with Crippen LogP contribution in [0, 0.1) is 0 Å². The molecular formula is C25H26N4O3S. The number of hydrogen-bond acceptors (Lipinski definition) is 6. The van der Waals surface area contributed by atoms with Gasteiger partial charge in [0.15, 0.2) is 5.17 Å². The minimum atomic E-state index is -0.505. The Morgan fingerprint density at radius 2 is 1.85 bits per heavy atom. The molecule has 0 N–H and O–H groups in total. The van der Waals surface area contributed by atoms with Gasteiger partial charge in [-0.2, -0.15) is 0 Å². The van der Waals surface area contributed by atoms with Gasteiger partial charge in [-0.3, -0.25) is 14.6 Å². The summed E-state index contributed by atoms with van der Waals surface area (Å²) < 4.78 is 5.39. The van der Waals surface area contributed by atoms with E-state index in [9.17, 15) is 9.59 Å². The maximum Gasteiger partial charge on any atom is 0.259 e. The van der Waals surface area contributed by atoms with Crippen LogP contribution in [-0.4, -0.2) is 70.2 Å². The third kappa shape index (κ3) is 4.32. The van der Waals surface area contributed by atoms with Crippen LogP contribution in [0.3, 0.4) is 0 Å². The second kappa shape index (κ2) is 9.49. The summed E-state index contributed by atoms with van der Waals surface area (Å²) in [5.74, 6) is 0.601. The first-order valence-corrected chi connectivity index (χ1v) is 12.2. The molecule has 8 heteroatoms. The lowest BCUT2D eigenvalue weighted by Crippen LogP contribution is -2.46. The van der Waals surface area contributed by atoms with Crippen molar-refractivity contribution in [2.75, 3.05) is 26.3 Å². The van der Waals surface area contributed by atoms with Gasteiger partial charge in [0.25, 0.3) is 5.91 Å². The molecule has 3 aliphatic rings. The average Bonchev–Trinajstić information content (AvgIpc) is 3.19. The van der Waals surface area contributed by atoms with E-state index in [4.69, 9.17) is 14.7 Å². The molecule has 2 amide bonds. The first-order chi connectivity index (χ1) is 16.2. The maximum atomic E-state index is 13.5. The summed E-state index contributed by atoms with van der Waals surface area (Å²) in [5.41, 5.74) is 2.68. The number of aliphatic imine (C=N–C) groups is 2. The van der Waals surface area contributed by atoms with E-state index in [0.29, 0.717) is 50.1 Å². The second-order valence-electron chi connectivity index (χ2n) is 8.20. The number of nitrogens with zero attached hydrogens (tertiary/aromatic N) is 4. The van der Waals surface area contributed by atoms with E-state index in [1.54, 1.807) is 4.90 Å². The molecule has 0 radical (unpaired) electrons. The molecule has 0 saturated carbocycles. The number of para-hydroxylation sites is 1. The van der Waals surface area contributed by atoms with E-state index < -0.39 is 6.04 Å². The predicted molar refractivity (Wildman–Crippen MR) is 130 cm³/mol. The third-order valence-corrected chi connectivity index (χ3v) is 7.34. The molecular weight excluding hydrogens is 436 g/mol. The highest BCUT2D eigenvalue weighted by atomic mass is 32.2. The zero-order valence-corrected chi connectivity index (χ0v) is 19.3. The average molecular weight is 463 g/mol. The van der Waals surface area contributed by atoms with Crippen LogP contribution in [0.4, 0.5) is 5.69 Å². The molecule has 1 saturated heterocycles. The number of fused-ring (bicyclic) bond motifs is 3. The molecule has 0 aromatic heterocycles. The zero-order valence-electron chi connectivity index (χ0n) is 18.5. The van der Waals surface area contributed by atoms with E-state index in [1.165, 1.54) is 11.8 Å². The Kier molecular flexibility index (Phi) is 6.28. The molecule has 2 aromatic rings. The van der Waals surface area contributed by atoms with Gasteiger partial charge in [-0.05, 0) is 24.1 Å². The standard InChI is InChI=1S/C25H26N4O3S/c1-2-21(24(31)28-12-14-32-15-13-28)33-25-27-19-11-7-6-10-18(19)22-26-20(23(30)29(22)25)16-17-8-4-3-5-9-17/h3-11,20-21H,2,12-16H2,1H3/t20-,21+/m1/s1. The summed E-state index contributed by atoms with van der Waals surface area (Å²) in [6.07, 6.45) is 1.17. The second-order valence-corrected chi connectivity index (χ2v) is 9.37. The van der Waals surface area contributed by atoms with Crippen LogP contribution in [0.1, 0.15) is 24.5 Å². The first kappa shape index (κ1) is 21.9. The van der Waals surface area contributed by atoms with Crippen molar-refractivity contribution in [2.24, 2.45) is 9.98 Å². The highest BCUT2D eigenvalue weighted by molar-refractivity contribution is 8.15. The number of benzene rings is 2. The molecule has 1 fully saturated rings. The van der Waals surface area contributed by atoms with Gasteiger partial charge < -0.3 is 9.64 Å². The molecule has 0 aliphatic carbocycles. The molecule has 170 valence electrons. The largest absolute Gasteiger partial charge is 0.378 e. The highest BCUT2D eigenvalue weighted by Gasteiger charge is 2.42. The van der Waals surface area contributed by atoms with Crippen LogP contribution in [0.2, 0.25) is 0 Å². The van der Waals surface area contributed by atoms with E-state index in [1.807, 2.05) is 66.4 Å². The zero-order chi connectivity index (χ0) is 22.8. The van der Waals surface area contributed by atoms with Crippen LogP contribution in [0.5, 0.6) is 0 Å². The number of carbonyl (C=O) groups excluding carboxylic acids is 2. The Morgan fingerprint density at radius 1 is 1.12 bits per heavy atom. The Labute approximate surface area is 197 Å². The molecule has 3 heterocycles. The maximum absolute atomic E-state index is 13.5. The minimum Gasteiger partial charge on any atom is -0.378 e. The SMILES string of the molecule is CC[C@H](SC1=Nc2ccccc2C2=N[C@H](Cc3ccccc3)C(=O)N12)C(=O)N1CCOCC1. The summed E-state index contributed by atoms with van der Waals surface area (Å²) in [6.45, 7) is 4.30. The lowest BCUT2D eigenvalue weighted by atomic mass is 10.1. The van der Waals surface area contributed by atoms with Gasteiger partial charge in [-0.25, -0.2) is 9.89 Å². The van der Waals surface area contributed by atoms with Crippen molar-refractivity contribution in [1.82, 2.24) is 9.80 Å². The van der Waals surface area contributed by atoms with E-state index in [2.05, 4.69) is 0 Å². The smallest absolute Gasteiger partial charge is 0.259 e. The van der Waals surface area contributed by atoms with Gasteiger partial charge in [0.2, 0.25) is 5.91 Å². The Hall–Kier alpha value is -2.97. The number of amides is 2. The molecule has 0 spiro atoms. The number of carbonyl (C=O) groups is 2. The lowest BCUT2D eigenvalue weighted by Gasteiger charge is -2.31. The van der Waals surface area contributed by atoms with Crippen LogP contribution in [0.15, 0.2) is 64.6 Å². The summed E-state index contributed by atoms with van der Waals surface area (Å²) in [5, 5.41) is 0.204. The summed E-state index contributed by atoms with van der Waals surface area (Å²) in [7, 11) is 0. The summed E-state index contributed by atoms with van der Waals surface area (Å²) in [6, 6.07) is 17.1. The molecule has 5 rings (SSSR count). The van der Waals surface area contributed by atoms with Crippen molar-refractivity contribution < 1.29 is 14.3 Å². The van der Waals surface area contributed by atoms with E-state index in [-0.39, 0.29) is 17.1 Å². The Morgan fingerprint density at radius 3 is 2.61 bits per heavy atom. The van der Waals surface area contributed by atoms with Crippen LogP contribution < -0.4 is 0 Å². The topological polar surface area (TPSA) is 74.6 Å². The number of ether oxygens (including phenoxy) is 1. The van der Waals surface area contributed by atoms with E-state index in [0.717, 1.165) is 16.8 Å². The first-order valence-electron chi connectivity index (χ1n) is 11.3. The molecule has 3 aliphatic heterocycles. The molecule has 33 heavy (non-hydrogen) atoms. The molecule has 0 unspecified atom stereocenters. The summed E-state index contributed by atoms with van der Waals surface area (Å²) >= 11 is 1.36. The van der Waals surface area contributed by atoms with Gasteiger partial charge in [-0.15, -0.1) is 0 Å². The number of morpholine rings is 1. The van der Waals surface area contributed by atoms with Crippen LogP contribution in [-0.2, 0) is 20.7 Å². The minimum absolute atomic E-state index is 0.0679. The van der Waals surface area contributed by atoms with Crippen LogP contribution >= 0.6 is 11.8 Å².